The molecule has 146 valence electrons. The molecule has 0 aromatic carbocycles. The number of fused-ring (bicyclic) bond motifs is 1. The van der Waals surface area contributed by atoms with E-state index in [9.17, 15) is 9.18 Å². The lowest BCUT2D eigenvalue weighted by Gasteiger charge is -2.36. The van der Waals surface area contributed by atoms with Crippen molar-refractivity contribution < 1.29 is 9.18 Å². The Morgan fingerprint density at radius 3 is 2.82 bits per heavy atom. The Morgan fingerprint density at radius 2 is 2.04 bits per heavy atom. The number of amides is 1. The van der Waals surface area contributed by atoms with E-state index < -0.39 is 0 Å². The number of likely N-dealkylation sites (tertiary alicyclic amines) is 1. The number of hydrogen-bond donors (Lipinski definition) is 0. The normalized spacial score (nSPS) is 17.9. The minimum atomic E-state index is -0.377. The zero-order chi connectivity index (χ0) is 19.9. The van der Waals surface area contributed by atoms with Crippen molar-refractivity contribution in [1.29, 1.82) is 0 Å². The molecule has 1 amide bonds. The van der Waals surface area contributed by atoms with E-state index >= 15 is 0 Å². The molecule has 1 saturated heterocycles. The van der Waals surface area contributed by atoms with Gasteiger partial charge in [-0.3, -0.25) is 14.2 Å². The van der Waals surface area contributed by atoms with Crippen LogP contribution >= 0.6 is 0 Å². The molecule has 0 bridgehead atoms. The highest BCUT2D eigenvalue weighted by atomic mass is 19.1. The molecule has 1 atom stereocenters. The van der Waals surface area contributed by atoms with Crippen LogP contribution in [0.1, 0.15) is 45.2 Å². The Bertz CT molecular complexity index is 1020. The van der Waals surface area contributed by atoms with Crippen LogP contribution in [0.15, 0.2) is 42.7 Å². The first-order valence-corrected chi connectivity index (χ1v) is 9.72. The van der Waals surface area contributed by atoms with Gasteiger partial charge in [0.2, 0.25) is 5.91 Å². The summed E-state index contributed by atoms with van der Waals surface area (Å²) in [4.78, 5) is 23.8. The number of halogens is 1. The summed E-state index contributed by atoms with van der Waals surface area (Å²) >= 11 is 0. The molecule has 0 spiro atoms. The number of imidazole rings is 1. The van der Waals surface area contributed by atoms with Crippen LogP contribution in [0, 0.1) is 11.2 Å². The Morgan fingerprint density at radius 1 is 1.21 bits per heavy atom. The molecule has 1 unspecified atom stereocenters. The molecule has 1 fully saturated rings. The van der Waals surface area contributed by atoms with E-state index in [0.717, 1.165) is 36.5 Å². The van der Waals surface area contributed by atoms with Crippen molar-refractivity contribution in [2.24, 2.45) is 5.41 Å². The monoisotopic (exact) mass is 380 g/mol. The van der Waals surface area contributed by atoms with Gasteiger partial charge in [0.15, 0.2) is 0 Å². The number of aromatic nitrogens is 3. The second kappa shape index (κ2) is 7.00. The van der Waals surface area contributed by atoms with Gasteiger partial charge in [-0.05, 0) is 37.1 Å². The van der Waals surface area contributed by atoms with Crippen molar-refractivity contribution >= 4 is 11.6 Å². The minimum absolute atomic E-state index is 0.186. The van der Waals surface area contributed by atoms with Gasteiger partial charge < -0.3 is 4.90 Å². The maximum atomic E-state index is 13.7. The molecule has 4 heterocycles. The predicted molar refractivity (Wildman–Crippen MR) is 106 cm³/mol. The van der Waals surface area contributed by atoms with Crippen molar-refractivity contribution in [3.63, 3.8) is 0 Å². The van der Waals surface area contributed by atoms with Gasteiger partial charge in [0, 0.05) is 36.3 Å². The standard InChI is InChI=1S/C22H25FN4O/c1-22(2,3)21(28)26-11-5-6-15(13-26)17-7-4-8-18(25-17)19-12-24-20-10-9-16(23)14-27(19)20/h4,7-10,12,14-15H,5-6,11,13H2,1-3H3. The third-order valence-electron chi connectivity index (χ3n) is 5.27. The van der Waals surface area contributed by atoms with Crippen LogP contribution in [-0.2, 0) is 4.79 Å². The van der Waals surface area contributed by atoms with Crippen molar-refractivity contribution in [2.45, 2.75) is 39.5 Å². The summed E-state index contributed by atoms with van der Waals surface area (Å²) in [5.41, 5.74) is 2.79. The Hall–Kier alpha value is -2.76. The number of pyridine rings is 2. The molecule has 1 aliphatic heterocycles. The number of hydrogen-bond acceptors (Lipinski definition) is 3. The second-order valence-corrected chi connectivity index (χ2v) is 8.51. The molecule has 0 saturated carbocycles. The third-order valence-corrected chi connectivity index (χ3v) is 5.27. The zero-order valence-corrected chi connectivity index (χ0v) is 16.5. The number of carbonyl (C=O) groups excluding carboxylic acids is 1. The summed E-state index contributed by atoms with van der Waals surface area (Å²) in [6, 6.07) is 8.96. The number of rotatable bonds is 2. The lowest BCUT2D eigenvalue weighted by molar-refractivity contribution is -0.140. The highest BCUT2D eigenvalue weighted by molar-refractivity contribution is 5.81. The molecule has 0 aliphatic carbocycles. The summed E-state index contributed by atoms with van der Waals surface area (Å²) < 4.78 is 15.4. The van der Waals surface area contributed by atoms with Gasteiger partial charge in [-0.1, -0.05) is 26.8 Å². The topological polar surface area (TPSA) is 50.5 Å². The Labute approximate surface area is 164 Å². The number of nitrogens with zero attached hydrogens (tertiary/aromatic N) is 4. The van der Waals surface area contributed by atoms with Gasteiger partial charge in [-0.15, -0.1) is 0 Å². The quantitative estimate of drug-likeness (QED) is 0.666. The van der Waals surface area contributed by atoms with Crippen LogP contribution in [0.25, 0.3) is 17.0 Å². The molecule has 1 aliphatic rings. The maximum absolute atomic E-state index is 13.7. The van der Waals surface area contributed by atoms with Gasteiger partial charge in [0.05, 0.1) is 17.6 Å². The van der Waals surface area contributed by atoms with Gasteiger partial charge in [-0.2, -0.15) is 0 Å². The lowest BCUT2D eigenvalue weighted by atomic mass is 9.89. The first-order valence-electron chi connectivity index (χ1n) is 9.72. The maximum Gasteiger partial charge on any atom is 0.227 e. The molecular weight excluding hydrogens is 355 g/mol. The molecule has 0 N–H and O–H groups in total. The number of piperidine rings is 1. The molecular formula is C22H25FN4O. The van der Waals surface area contributed by atoms with Crippen LogP contribution in [-0.4, -0.2) is 38.3 Å². The summed E-state index contributed by atoms with van der Waals surface area (Å²) in [6.45, 7) is 7.37. The predicted octanol–water partition coefficient (Wildman–Crippen LogP) is 4.29. The lowest BCUT2D eigenvalue weighted by Crippen LogP contribution is -2.44. The molecule has 0 radical (unpaired) electrons. The van der Waals surface area contributed by atoms with Crippen LogP contribution in [0.2, 0.25) is 0 Å². The Balaban J connectivity index is 1.63. The summed E-state index contributed by atoms with van der Waals surface area (Å²) in [5, 5.41) is 0. The average Bonchev–Trinajstić information content (AvgIpc) is 3.10. The third kappa shape index (κ3) is 3.51. The van der Waals surface area contributed by atoms with Crippen LogP contribution in [0.5, 0.6) is 0 Å². The fourth-order valence-corrected chi connectivity index (χ4v) is 3.84. The second-order valence-electron chi connectivity index (χ2n) is 8.51. The van der Waals surface area contributed by atoms with E-state index in [-0.39, 0.29) is 23.1 Å². The summed E-state index contributed by atoms with van der Waals surface area (Å²) in [5.74, 6) is 0.0769. The van der Waals surface area contributed by atoms with Crippen molar-refractivity contribution in [1.82, 2.24) is 19.3 Å². The van der Waals surface area contributed by atoms with E-state index in [1.54, 1.807) is 16.7 Å². The molecule has 5 nitrogen and oxygen atoms in total. The first kappa shape index (κ1) is 18.6. The highest BCUT2D eigenvalue weighted by Gasteiger charge is 2.32. The summed E-state index contributed by atoms with van der Waals surface area (Å²) in [6.07, 6.45) is 5.12. The van der Waals surface area contributed by atoms with Crippen molar-refractivity contribution in [3.05, 3.63) is 54.2 Å². The fourth-order valence-electron chi connectivity index (χ4n) is 3.84. The van der Waals surface area contributed by atoms with E-state index in [2.05, 4.69) is 4.98 Å². The van der Waals surface area contributed by atoms with E-state index in [0.29, 0.717) is 12.2 Å². The van der Waals surface area contributed by atoms with Crippen LogP contribution in [0.3, 0.4) is 0 Å². The first-order chi connectivity index (χ1) is 13.3. The average molecular weight is 380 g/mol. The van der Waals surface area contributed by atoms with Crippen LogP contribution < -0.4 is 0 Å². The molecule has 3 aromatic rings. The van der Waals surface area contributed by atoms with E-state index in [1.165, 1.54) is 12.3 Å². The van der Waals surface area contributed by atoms with E-state index in [1.807, 2.05) is 43.9 Å². The molecule has 3 aromatic heterocycles. The van der Waals surface area contributed by atoms with Gasteiger partial charge in [-0.25, -0.2) is 9.37 Å². The summed E-state index contributed by atoms with van der Waals surface area (Å²) in [7, 11) is 0. The molecule has 6 heteroatoms. The van der Waals surface area contributed by atoms with Gasteiger partial charge in [0.25, 0.3) is 0 Å². The van der Waals surface area contributed by atoms with Crippen LogP contribution in [0.4, 0.5) is 4.39 Å². The van der Waals surface area contributed by atoms with E-state index in [4.69, 9.17) is 4.98 Å². The minimum Gasteiger partial charge on any atom is -0.342 e. The number of carbonyl (C=O) groups is 1. The fraction of sp³-hybridized carbons (Fsp3) is 0.409. The van der Waals surface area contributed by atoms with Crippen molar-refractivity contribution in [2.75, 3.05) is 13.1 Å². The van der Waals surface area contributed by atoms with Crippen molar-refractivity contribution in [3.8, 4) is 11.4 Å². The largest absolute Gasteiger partial charge is 0.342 e. The SMILES string of the molecule is CC(C)(C)C(=O)N1CCCC(c2cccc(-c3cnc4ccc(F)cn34)n2)C1. The zero-order valence-electron chi connectivity index (χ0n) is 16.5. The Kier molecular flexibility index (Phi) is 4.65. The molecule has 4 rings (SSSR count). The van der Waals surface area contributed by atoms with Gasteiger partial charge >= 0.3 is 0 Å². The smallest absolute Gasteiger partial charge is 0.227 e. The van der Waals surface area contributed by atoms with Gasteiger partial charge in [0.1, 0.15) is 11.5 Å². The molecule has 28 heavy (non-hydrogen) atoms. The highest BCUT2D eigenvalue weighted by Crippen LogP contribution is 2.30.